The Morgan fingerprint density at radius 2 is 2.05 bits per heavy atom. The van der Waals surface area contributed by atoms with Gasteiger partial charge in [0.1, 0.15) is 0 Å². The first-order valence-electron chi connectivity index (χ1n) is 7.74. The zero-order valence-electron chi connectivity index (χ0n) is 13.6. The quantitative estimate of drug-likeness (QED) is 0.891. The second-order valence-corrected chi connectivity index (χ2v) is 6.33. The number of nitrogens with one attached hydrogen (secondary N) is 1. The van der Waals surface area contributed by atoms with E-state index in [0.717, 1.165) is 32.1 Å². The smallest absolute Gasteiger partial charge is 0.0412 e. The maximum atomic E-state index is 3.46. The molecule has 1 aromatic carbocycles. The van der Waals surface area contributed by atoms with Crippen molar-refractivity contribution in [2.24, 2.45) is 5.92 Å². The molecule has 1 heterocycles. The molecule has 2 atom stereocenters. The molecule has 3 nitrogen and oxygen atoms in total. The Kier molecular flexibility index (Phi) is 5.06. The Balaban J connectivity index is 2.20. The van der Waals surface area contributed by atoms with Crippen molar-refractivity contribution in [3.05, 3.63) is 29.3 Å². The van der Waals surface area contributed by atoms with Gasteiger partial charge in [-0.2, -0.15) is 0 Å². The predicted octanol–water partition coefficient (Wildman–Crippen LogP) is 2.49. The molecular weight excluding hydrogens is 246 g/mol. The van der Waals surface area contributed by atoms with Crippen molar-refractivity contribution in [1.29, 1.82) is 0 Å². The SMILES string of the molecule is CCNCc1cc(C)ccc1N1CC(C)C(N(C)C)C1. The molecule has 1 aliphatic rings. The van der Waals surface area contributed by atoms with Gasteiger partial charge in [-0.1, -0.05) is 31.5 Å². The fraction of sp³-hybridized carbons (Fsp3) is 0.647. The fourth-order valence-corrected chi connectivity index (χ4v) is 3.24. The van der Waals surface area contributed by atoms with E-state index in [2.05, 4.69) is 68.2 Å². The Morgan fingerprint density at radius 1 is 1.30 bits per heavy atom. The lowest BCUT2D eigenvalue weighted by Gasteiger charge is -2.24. The first-order valence-corrected chi connectivity index (χ1v) is 7.74. The molecule has 2 unspecified atom stereocenters. The maximum Gasteiger partial charge on any atom is 0.0412 e. The molecular formula is C17H29N3. The zero-order valence-corrected chi connectivity index (χ0v) is 13.6. The summed E-state index contributed by atoms with van der Waals surface area (Å²) in [6.45, 7) is 11.0. The van der Waals surface area contributed by atoms with Crippen LogP contribution in [0.15, 0.2) is 18.2 Å². The van der Waals surface area contributed by atoms with E-state index in [1.807, 2.05) is 0 Å². The molecule has 112 valence electrons. The summed E-state index contributed by atoms with van der Waals surface area (Å²) in [6.07, 6.45) is 0. The molecule has 20 heavy (non-hydrogen) atoms. The summed E-state index contributed by atoms with van der Waals surface area (Å²) >= 11 is 0. The molecule has 2 rings (SSSR count). The number of aryl methyl sites for hydroxylation is 1. The summed E-state index contributed by atoms with van der Waals surface area (Å²) in [5.41, 5.74) is 4.18. The minimum Gasteiger partial charge on any atom is -0.369 e. The second kappa shape index (κ2) is 6.59. The Hall–Kier alpha value is -1.06. The Bertz CT molecular complexity index is 442. The van der Waals surface area contributed by atoms with Gasteiger partial charge in [0.2, 0.25) is 0 Å². The van der Waals surface area contributed by atoms with Crippen LogP contribution in [0.3, 0.4) is 0 Å². The largest absolute Gasteiger partial charge is 0.369 e. The highest BCUT2D eigenvalue weighted by Gasteiger charge is 2.31. The Labute approximate surface area is 124 Å². The predicted molar refractivity (Wildman–Crippen MR) is 87.4 cm³/mol. The van der Waals surface area contributed by atoms with Crippen molar-refractivity contribution in [1.82, 2.24) is 10.2 Å². The first-order chi connectivity index (χ1) is 9.52. The van der Waals surface area contributed by atoms with Crippen LogP contribution in [-0.2, 0) is 6.54 Å². The third kappa shape index (κ3) is 3.33. The summed E-state index contributed by atoms with van der Waals surface area (Å²) in [7, 11) is 4.39. The molecule has 0 radical (unpaired) electrons. The van der Waals surface area contributed by atoms with Crippen molar-refractivity contribution < 1.29 is 0 Å². The number of likely N-dealkylation sites (N-methyl/N-ethyl adjacent to an activating group) is 1. The van der Waals surface area contributed by atoms with Crippen molar-refractivity contribution in [3.63, 3.8) is 0 Å². The van der Waals surface area contributed by atoms with Crippen LogP contribution >= 0.6 is 0 Å². The number of rotatable bonds is 5. The van der Waals surface area contributed by atoms with Gasteiger partial charge in [0, 0.05) is 31.4 Å². The topological polar surface area (TPSA) is 18.5 Å². The average molecular weight is 275 g/mol. The van der Waals surface area contributed by atoms with Crippen LogP contribution in [0.25, 0.3) is 0 Å². The lowest BCUT2D eigenvalue weighted by Crippen LogP contribution is -2.34. The molecule has 1 aromatic rings. The molecule has 3 heteroatoms. The molecule has 1 saturated heterocycles. The monoisotopic (exact) mass is 275 g/mol. The van der Waals surface area contributed by atoms with Gasteiger partial charge in [-0.15, -0.1) is 0 Å². The molecule has 0 bridgehead atoms. The second-order valence-electron chi connectivity index (χ2n) is 6.33. The van der Waals surface area contributed by atoms with E-state index in [-0.39, 0.29) is 0 Å². The van der Waals surface area contributed by atoms with Crippen LogP contribution in [0.1, 0.15) is 25.0 Å². The van der Waals surface area contributed by atoms with Gasteiger partial charge in [0.05, 0.1) is 0 Å². The zero-order chi connectivity index (χ0) is 14.7. The first kappa shape index (κ1) is 15.3. The van der Waals surface area contributed by atoms with Gasteiger partial charge >= 0.3 is 0 Å². The van der Waals surface area contributed by atoms with Crippen molar-refractivity contribution in [2.45, 2.75) is 33.4 Å². The van der Waals surface area contributed by atoms with Gasteiger partial charge in [-0.3, -0.25) is 0 Å². The summed E-state index contributed by atoms with van der Waals surface area (Å²) in [5.74, 6) is 0.721. The van der Waals surface area contributed by atoms with E-state index < -0.39 is 0 Å². The van der Waals surface area contributed by atoms with Crippen LogP contribution in [0.5, 0.6) is 0 Å². The number of anilines is 1. The maximum absolute atomic E-state index is 3.46. The van der Waals surface area contributed by atoms with E-state index in [9.17, 15) is 0 Å². The van der Waals surface area contributed by atoms with Crippen LogP contribution < -0.4 is 10.2 Å². The average Bonchev–Trinajstić information content (AvgIpc) is 2.78. The fourth-order valence-electron chi connectivity index (χ4n) is 3.24. The van der Waals surface area contributed by atoms with Gasteiger partial charge < -0.3 is 15.1 Å². The summed E-state index contributed by atoms with van der Waals surface area (Å²) < 4.78 is 0. The molecule has 0 aliphatic carbocycles. The van der Waals surface area contributed by atoms with E-state index in [1.54, 1.807) is 0 Å². The molecule has 0 aromatic heterocycles. The number of hydrogen-bond acceptors (Lipinski definition) is 3. The van der Waals surface area contributed by atoms with E-state index in [1.165, 1.54) is 16.8 Å². The van der Waals surface area contributed by atoms with E-state index >= 15 is 0 Å². The Morgan fingerprint density at radius 3 is 2.65 bits per heavy atom. The molecule has 1 N–H and O–H groups in total. The highest BCUT2D eigenvalue weighted by molar-refractivity contribution is 5.56. The third-order valence-corrected chi connectivity index (χ3v) is 4.38. The number of nitrogens with zero attached hydrogens (tertiary/aromatic N) is 2. The molecule has 0 saturated carbocycles. The number of benzene rings is 1. The standard InChI is InChI=1S/C17H29N3/c1-6-18-10-15-9-13(2)7-8-16(15)20-11-14(3)17(12-20)19(4)5/h7-9,14,17-18H,6,10-12H2,1-5H3. The van der Waals surface area contributed by atoms with Gasteiger partial charge in [-0.05, 0) is 45.1 Å². The lowest BCUT2D eigenvalue weighted by atomic mass is 10.1. The molecule has 0 spiro atoms. The normalized spacial score (nSPS) is 22.8. The minimum absolute atomic E-state index is 0.656. The van der Waals surface area contributed by atoms with Crippen molar-refractivity contribution in [3.8, 4) is 0 Å². The van der Waals surface area contributed by atoms with Gasteiger partial charge in [-0.25, -0.2) is 0 Å². The van der Waals surface area contributed by atoms with Gasteiger partial charge in [0.25, 0.3) is 0 Å². The van der Waals surface area contributed by atoms with E-state index in [4.69, 9.17) is 0 Å². The number of hydrogen-bond donors (Lipinski definition) is 1. The molecule has 1 fully saturated rings. The van der Waals surface area contributed by atoms with Crippen LogP contribution in [0.4, 0.5) is 5.69 Å². The van der Waals surface area contributed by atoms with Crippen LogP contribution in [-0.4, -0.2) is 44.7 Å². The summed E-state index contributed by atoms with van der Waals surface area (Å²) in [6, 6.07) is 7.51. The van der Waals surface area contributed by atoms with Crippen molar-refractivity contribution in [2.75, 3.05) is 38.6 Å². The highest BCUT2D eigenvalue weighted by Crippen LogP contribution is 2.29. The third-order valence-electron chi connectivity index (χ3n) is 4.38. The summed E-state index contributed by atoms with van der Waals surface area (Å²) in [4.78, 5) is 4.92. The minimum atomic E-state index is 0.656. The summed E-state index contributed by atoms with van der Waals surface area (Å²) in [5, 5.41) is 3.46. The molecule has 1 aliphatic heterocycles. The molecule has 0 amide bonds. The lowest BCUT2D eigenvalue weighted by molar-refractivity contribution is 0.266. The van der Waals surface area contributed by atoms with Crippen LogP contribution in [0, 0.1) is 12.8 Å². The highest BCUT2D eigenvalue weighted by atomic mass is 15.2. The van der Waals surface area contributed by atoms with Gasteiger partial charge in [0.15, 0.2) is 0 Å². The van der Waals surface area contributed by atoms with Crippen LogP contribution in [0.2, 0.25) is 0 Å². The van der Waals surface area contributed by atoms with E-state index in [0.29, 0.717) is 6.04 Å². The van der Waals surface area contributed by atoms with Crippen molar-refractivity contribution >= 4 is 5.69 Å².